The summed E-state index contributed by atoms with van der Waals surface area (Å²) in [7, 11) is 0. The van der Waals surface area contributed by atoms with Crippen LogP contribution in [0, 0.1) is 0 Å². The molecule has 2 aliphatic rings. The smallest absolute Gasteiger partial charge is 0.0916 e. The molecule has 2 heterocycles. The van der Waals surface area contributed by atoms with Gasteiger partial charge in [0.2, 0.25) is 0 Å². The molecule has 104 valence electrons. The second-order valence-corrected chi connectivity index (χ2v) is 5.87. The fourth-order valence-electron chi connectivity index (χ4n) is 3.41. The molecule has 1 N–H and O–H groups in total. The maximum Gasteiger partial charge on any atom is 0.0916 e. The van der Waals surface area contributed by atoms with E-state index in [1.165, 1.54) is 32.4 Å². The Balaban J connectivity index is 1.51. The van der Waals surface area contributed by atoms with Crippen molar-refractivity contribution in [3.05, 3.63) is 35.9 Å². The third kappa shape index (κ3) is 3.16. The van der Waals surface area contributed by atoms with Crippen LogP contribution < -0.4 is 0 Å². The van der Waals surface area contributed by atoms with E-state index in [1.807, 2.05) is 30.3 Å². The Morgan fingerprint density at radius 1 is 1.11 bits per heavy atom. The number of aliphatic hydroxyl groups excluding tert-OH is 1. The molecule has 0 bridgehead atoms. The van der Waals surface area contributed by atoms with Crippen molar-refractivity contribution in [1.29, 1.82) is 0 Å². The minimum Gasteiger partial charge on any atom is -0.387 e. The number of likely N-dealkylation sites (tertiary alicyclic amines) is 2. The molecule has 2 unspecified atom stereocenters. The van der Waals surface area contributed by atoms with Crippen LogP contribution in [0.15, 0.2) is 30.3 Å². The van der Waals surface area contributed by atoms with Gasteiger partial charge in [-0.25, -0.2) is 0 Å². The van der Waals surface area contributed by atoms with Crippen LogP contribution in [0.25, 0.3) is 0 Å². The molecular formula is C16H24N2O. The Kier molecular flexibility index (Phi) is 4.16. The first-order chi connectivity index (χ1) is 9.33. The van der Waals surface area contributed by atoms with E-state index in [9.17, 15) is 5.11 Å². The summed E-state index contributed by atoms with van der Waals surface area (Å²) in [6, 6.07) is 10.7. The van der Waals surface area contributed by atoms with Crippen molar-refractivity contribution in [2.24, 2.45) is 0 Å². The van der Waals surface area contributed by atoms with Gasteiger partial charge in [0.05, 0.1) is 6.10 Å². The third-order valence-corrected chi connectivity index (χ3v) is 4.52. The molecule has 0 spiro atoms. The van der Waals surface area contributed by atoms with Crippen molar-refractivity contribution in [3.8, 4) is 0 Å². The zero-order valence-corrected chi connectivity index (χ0v) is 11.5. The van der Waals surface area contributed by atoms with E-state index in [-0.39, 0.29) is 6.10 Å². The highest BCUT2D eigenvalue weighted by Gasteiger charge is 2.29. The van der Waals surface area contributed by atoms with Gasteiger partial charge in [0, 0.05) is 19.1 Å². The van der Waals surface area contributed by atoms with Gasteiger partial charge in [0.1, 0.15) is 0 Å². The van der Waals surface area contributed by atoms with E-state index in [0.29, 0.717) is 0 Å². The fraction of sp³-hybridized carbons (Fsp3) is 0.625. The van der Waals surface area contributed by atoms with Crippen molar-refractivity contribution in [2.75, 3.05) is 32.7 Å². The summed E-state index contributed by atoms with van der Waals surface area (Å²) < 4.78 is 0. The summed E-state index contributed by atoms with van der Waals surface area (Å²) in [5, 5.41) is 10.3. The first-order valence-electron chi connectivity index (χ1n) is 7.52. The van der Waals surface area contributed by atoms with Crippen LogP contribution in [0.5, 0.6) is 0 Å². The molecule has 0 radical (unpaired) electrons. The molecule has 1 aromatic carbocycles. The lowest BCUT2D eigenvalue weighted by Gasteiger charge is -2.24. The fourth-order valence-corrected chi connectivity index (χ4v) is 3.41. The topological polar surface area (TPSA) is 26.7 Å². The lowest BCUT2D eigenvalue weighted by molar-refractivity contribution is 0.120. The van der Waals surface area contributed by atoms with Crippen LogP contribution >= 0.6 is 0 Å². The Labute approximate surface area is 115 Å². The Morgan fingerprint density at radius 3 is 2.58 bits per heavy atom. The van der Waals surface area contributed by atoms with Crippen molar-refractivity contribution in [3.63, 3.8) is 0 Å². The molecular weight excluding hydrogens is 236 g/mol. The lowest BCUT2D eigenvalue weighted by Crippen LogP contribution is -2.36. The van der Waals surface area contributed by atoms with E-state index in [0.717, 1.165) is 31.2 Å². The summed E-state index contributed by atoms with van der Waals surface area (Å²) in [5.41, 5.74) is 1.03. The van der Waals surface area contributed by atoms with Crippen LogP contribution in [0.1, 0.15) is 30.9 Å². The van der Waals surface area contributed by atoms with Crippen molar-refractivity contribution in [2.45, 2.75) is 31.4 Å². The Morgan fingerprint density at radius 2 is 1.84 bits per heavy atom. The highest BCUT2D eigenvalue weighted by atomic mass is 16.3. The van der Waals surface area contributed by atoms with Gasteiger partial charge in [-0.15, -0.1) is 0 Å². The molecule has 2 atom stereocenters. The zero-order valence-electron chi connectivity index (χ0n) is 11.5. The first kappa shape index (κ1) is 13.1. The summed E-state index contributed by atoms with van der Waals surface area (Å²) in [4.78, 5) is 5.05. The standard InChI is InChI=1S/C16H24N2O/c19-16(14-6-2-1-3-7-14)13-17-11-8-15(12-17)18-9-4-5-10-18/h1-3,6-7,15-16,19H,4-5,8-13H2. The van der Waals surface area contributed by atoms with Crippen LogP contribution in [-0.2, 0) is 0 Å². The quantitative estimate of drug-likeness (QED) is 0.895. The minimum atomic E-state index is -0.349. The molecule has 3 heteroatoms. The first-order valence-corrected chi connectivity index (χ1v) is 7.52. The molecule has 0 aromatic heterocycles. The maximum absolute atomic E-state index is 10.3. The van der Waals surface area contributed by atoms with E-state index >= 15 is 0 Å². The molecule has 19 heavy (non-hydrogen) atoms. The molecule has 0 aliphatic carbocycles. The van der Waals surface area contributed by atoms with Crippen LogP contribution in [-0.4, -0.2) is 53.7 Å². The van der Waals surface area contributed by atoms with Gasteiger partial charge in [-0.05, 0) is 44.5 Å². The largest absolute Gasteiger partial charge is 0.387 e. The average molecular weight is 260 g/mol. The average Bonchev–Trinajstić information content (AvgIpc) is 3.10. The summed E-state index contributed by atoms with van der Waals surface area (Å²) >= 11 is 0. The van der Waals surface area contributed by atoms with Crippen LogP contribution in [0.2, 0.25) is 0 Å². The Bertz CT molecular complexity index is 389. The van der Waals surface area contributed by atoms with Crippen LogP contribution in [0.3, 0.4) is 0 Å². The summed E-state index contributed by atoms with van der Waals surface area (Å²) in [5.74, 6) is 0. The molecule has 3 nitrogen and oxygen atoms in total. The number of nitrogens with zero attached hydrogens (tertiary/aromatic N) is 2. The zero-order chi connectivity index (χ0) is 13.1. The predicted molar refractivity (Wildman–Crippen MR) is 77.1 cm³/mol. The number of hydrogen-bond acceptors (Lipinski definition) is 3. The molecule has 2 fully saturated rings. The Hall–Kier alpha value is -0.900. The molecule has 2 aliphatic heterocycles. The van der Waals surface area contributed by atoms with E-state index in [4.69, 9.17) is 0 Å². The maximum atomic E-state index is 10.3. The number of rotatable bonds is 4. The van der Waals surface area contributed by atoms with Gasteiger partial charge < -0.3 is 5.11 Å². The number of hydrogen-bond donors (Lipinski definition) is 1. The van der Waals surface area contributed by atoms with Crippen molar-refractivity contribution >= 4 is 0 Å². The summed E-state index contributed by atoms with van der Waals surface area (Å²) in [6.07, 6.45) is 3.65. The third-order valence-electron chi connectivity index (χ3n) is 4.52. The van der Waals surface area contributed by atoms with Gasteiger partial charge in [-0.3, -0.25) is 9.80 Å². The number of β-amino-alcohol motifs (C(OH)–C–C–N with tert-alkyl or cyclic N) is 1. The van der Waals surface area contributed by atoms with Crippen LogP contribution in [0.4, 0.5) is 0 Å². The second-order valence-electron chi connectivity index (χ2n) is 5.87. The molecule has 0 saturated carbocycles. The second kappa shape index (κ2) is 6.04. The van der Waals surface area contributed by atoms with Crippen molar-refractivity contribution < 1.29 is 5.11 Å². The lowest BCUT2D eigenvalue weighted by atomic mass is 10.1. The van der Waals surface area contributed by atoms with Gasteiger partial charge in [0.15, 0.2) is 0 Å². The van der Waals surface area contributed by atoms with Crippen molar-refractivity contribution in [1.82, 2.24) is 9.80 Å². The molecule has 2 saturated heterocycles. The van der Waals surface area contributed by atoms with E-state index in [2.05, 4.69) is 9.80 Å². The summed E-state index contributed by atoms with van der Waals surface area (Å²) in [6.45, 7) is 5.59. The SMILES string of the molecule is OC(CN1CCC(N2CCCC2)C1)c1ccccc1. The molecule has 3 rings (SSSR count). The van der Waals surface area contributed by atoms with Gasteiger partial charge >= 0.3 is 0 Å². The molecule has 0 amide bonds. The minimum absolute atomic E-state index is 0.349. The monoisotopic (exact) mass is 260 g/mol. The number of aliphatic hydroxyl groups is 1. The predicted octanol–water partition coefficient (Wildman–Crippen LogP) is 1.89. The molecule has 1 aromatic rings. The van der Waals surface area contributed by atoms with E-state index in [1.54, 1.807) is 0 Å². The highest BCUT2D eigenvalue weighted by molar-refractivity contribution is 5.17. The van der Waals surface area contributed by atoms with E-state index < -0.39 is 0 Å². The van der Waals surface area contributed by atoms with Gasteiger partial charge in [0.25, 0.3) is 0 Å². The normalized spacial score (nSPS) is 26.9. The highest BCUT2D eigenvalue weighted by Crippen LogP contribution is 2.22. The van der Waals surface area contributed by atoms with Gasteiger partial charge in [-0.2, -0.15) is 0 Å². The number of benzene rings is 1. The van der Waals surface area contributed by atoms with Gasteiger partial charge in [-0.1, -0.05) is 30.3 Å².